The number of nitrogens with one attached hydrogen (secondary N) is 1. The summed E-state index contributed by atoms with van der Waals surface area (Å²) in [6.07, 6.45) is 3.69. The van der Waals surface area contributed by atoms with E-state index >= 15 is 0 Å². The highest BCUT2D eigenvalue weighted by atomic mass is 16.5. The fraction of sp³-hybridized carbons (Fsp3) is 0.217. The van der Waals surface area contributed by atoms with Gasteiger partial charge in [-0.2, -0.15) is 0 Å². The minimum absolute atomic E-state index is 0.0740. The molecule has 4 rings (SSSR count). The number of benzene rings is 2. The van der Waals surface area contributed by atoms with Gasteiger partial charge in [0.2, 0.25) is 0 Å². The number of rotatable bonds is 4. The molecule has 5 heteroatoms. The quantitative estimate of drug-likeness (QED) is 0.747. The van der Waals surface area contributed by atoms with Crippen molar-refractivity contribution in [3.63, 3.8) is 0 Å². The van der Waals surface area contributed by atoms with Gasteiger partial charge in [0.15, 0.2) is 11.5 Å². The number of hydrogen-bond acceptors (Lipinski definition) is 4. The van der Waals surface area contributed by atoms with Crippen molar-refractivity contribution in [1.82, 2.24) is 10.3 Å². The maximum Gasteiger partial charge on any atom is 0.252 e. The molecule has 3 aromatic rings. The van der Waals surface area contributed by atoms with Crippen molar-refractivity contribution in [3.05, 3.63) is 64.8 Å². The Labute approximate surface area is 164 Å². The van der Waals surface area contributed by atoms with Crippen LogP contribution in [-0.4, -0.2) is 32.2 Å². The molecular weight excluding hydrogens is 352 g/mol. The summed E-state index contributed by atoms with van der Waals surface area (Å²) < 4.78 is 11.0. The number of methoxy groups -OCH3 is 2. The Balaban J connectivity index is 1.92. The molecule has 0 bridgehead atoms. The van der Waals surface area contributed by atoms with Gasteiger partial charge in [-0.3, -0.25) is 4.79 Å². The Hall–Kier alpha value is -3.34. The Morgan fingerprint density at radius 2 is 1.89 bits per heavy atom. The average molecular weight is 374 g/mol. The third kappa shape index (κ3) is 2.89. The Morgan fingerprint density at radius 3 is 2.64 bits per heavy atom. The number of carbonyl (C=O) groups excluding carboxylic acids is 1. The predicted octanol–water partition coefficient (Wildman–Crippen LogP) is 4.10. The first-order valence-corrected chi connectivity index (χ1v) is 9.23. The molecule has 1 heterocycles. The smallest absolute Gasteiger partial charge is 0.252 e. The third-order valence-corrected chi connectivity index (χ3v) is 5.16. The molecule has 0 atom stereocenters. The second-order valence-electron chi connectivity index (χ2n) is 6.66. The molecule has 1 aromatic heterocycles. The van der Waals surface area contributed by atoms with E-state index in [1.807, 2.05) is 42.5 Å². The fourth-order valence-electron chi connectivity index (χ4n) is 3.88. The second-order valence-corrected chi connectivity index (χ2v) is 6.66. The molecular formula is C23H22N2O3. The summed E-state index contributed by atoms with van der Waals surface area (Å²) in [6.45, 7) is 0. The number of pyridine rings is 1. The van der Waals surface area contributed by atoms with Gasteiger partial charge in [0, 0.05) is 18.0 Å². The molecule has 1 N–H and O–H groups in total. The van der Waals surface area contributed by atoms with E-state index in [9.17, 15) is 4.79 Å². The maximum absolute atomic E-state index is 12.6. The summed E-state index contributed by atoms with van der Waals surface area (Å²) in [6, 6.07) is 13.6. The monoisotopic (exact) mass is 374 g/mol. The summed E-state index contributed by atoms with van der Waals surface area (Å²) in [5, 5.41) is 3.67. The predicted molar refractivity (Wildman–Crippen MR) is 111 cm³/mol. The highest BCUT2D eigenvalue weighted by molar-refractivity contribution is 6.09. The van der Waals surface area contributed by atoms with Gasteiger partial charge in [-0.15, -0.1) is 0 Å². The van der Waals surface area contributed by atoms with E-state index in [1.165, 1.54) is 0 Å². The molecule has 0 saturated heterocycles. The summed E-state index contributed by atoms with van der Waals surface area (Å²) in [4.78, 5) is 17.5. The molecule has 28 heavy (non-hydrogen) atoms. The lowest BCUT2D eigenvalue weighted by Gasteiger charge is -2.12. The van der Waals surface area contributed by atoms with Gasteiger partial charge in [0.25, 0.3) is 5.91 Å². The molecule has 142 valence electrons. The first-order chi connectivity index (χ1) is 13.7. The molecule has 1 aliphatic rings. The maximum atomic E-state index is 12.6. The molecule has 0 spiro atoms. The number of carbonyl (C=O) groups is 1. The third-order valence-electron chi connectivity index (χ3n) is 5.16. The topological polar surface area (TPSA) is 60.5 Å². The van der Waals surface area contributed by atoms with Crippen molar-refractivity contribution in [3.8, 4) is 11.5 Å². The SMILES string of the molecule is CNC(=O)c1c2c(nc3ccccc13)/C(=C/c1cccc(OC)c1OC)CC2. The number of allylic oxidation sites excluding steroid dienone is 1. The Kier molecular flexibility index (Phi) is 4.74. The average Bonchev–Trinajstić information content (AvgIpc) is 3.13. The van der Waals surface area contributed by atoms with Gasteiger partial charge in [-0.1, -0.05) is 30.3 Å². The standard InChI is InChI=1S/C23H22N2O3/c1-24-23(26)20-16-8-4-5-9-18(16)25-21-14(11-12-17(20)21)13-15-7-6-10-19(27-2)22(15)28-3/h4-10,13H,11-12H2,1-3H3,(H,24,26)/b14-13+. The fourth-order valence-corrected chi connectivity index (χ4v) is 3.88. The van der Waals surface area contributed by atoms with E-state index in [-0.39, 0.29) is 5.91 Å². The van der Waals surface area contributed by atoms with Gasteiger partial charge < -0.3 is 14.8 Å². The van der Waals surface area contributed by atoms with Crippen molar-refractivity contribution in [2.24, 2.45) is 0 Å². The molecule has 1 amide bonds. The number of aromatic nitrogens is 1. The Morgan fingerprint density at radius 1 is 1.07 bits per heavy atom. The van der Waals surface area contributed by atoms with Crippen LogP contribution in [0.5, 0.6) is 11.5 Å². The number of hydrogen-bond donors (Lipinski definition) is 1. The van der Waals surface area contributed by atoms with Crippen molar-refractivity contribution >= 4 is 28.5 Å². The van der Waals surface area contributed by atoms with Crippen LogP contribution in [0.3, 0.4) is 0 Å². The van der Waals surface area contributed by atoms with Gasteiger partial charge in [-0.05, 0) is 42.2 Å². The van der Waals surface area contributed by atoms with Crippen molar-refractivity contribution in [2.45, 2.75) is 12.8 Å². The zero-order valence-corrected chi connectivity index (χ0v) is 16.2. The summed E-state index contributed by atoms with van der Waals surface area (Å²) in [7, 11) is 4.93. The number of fused-ring (bicyclic) bond motifs is 2. The second kappa shape index (κ2) is 7.35. The number of ether oxygens (including phenoxy) is 2. The molecule has 5 nitrogen and oxygen atoms in total. The molecule has 0 fully saturated rings. The lowest BCUT2D eigenvalue weighted by molar-refractivity contribution is 0.0964. The minimum Gasteiger partial charge on any atom is -0.493 e. The number of amides is 1. The van der Waals surface area contributed by atoms with Gasteiger partial charge >= 0.3 is 0 Å². The van der Waals surface area contributed by atoms with Crippen LogP contribution in [0.1, 0.15) is 33.6 Å². The molecule has 0 radical (unpaired) electrons. The summed E-state index contributed by atoms with van der Waals surface area (Å²) in [5.74, 6) is 1.31. The first kappa shape index (κ1) is 18.0. The van der Waals surface area contributed by atoms with Crippen LogP contribution in [0, 0.1) is 0 Å². The minimum atomic E-state index is -0.0740. The van der Waals surface area contributed by atoms with Crippen LogP contribution >= 0.6 is 0 Å². The lowest BCUT2D eigenvalue weighted by Crippen LogP contribution is -2.20. The zero-order chi connectivity index (χ0) is 19.7. The highest BCUT2D eigenvalue weighted by Gasteiger charge is 2.26. The van der Waals surface area contributed by atoms with E-state index in [0.29, 0.717) is 11.5 Å². The van der Waals surface area contributed by atoms with Crippen LogP contribution in [0.2, 0.25) is 0 Å². The Bertz CT molecular complexity index is 1100. The summed E-state index contributed by atoms with van der Waals surface area (Å²) in [5.41, 5.74) is 5.47. The summed E-state index contributed by atoms with van der Waals surface area (Å²) >= 11 is 0. The molecule has 0 aliphatic heterocycles. The van der Waals surface area contributed by atoms with E-state index in [2.05, 4.69) is 11.4 Å². The van der Waals surface area contributed by atoms with Crippen LogP contribution in [-0.2, 0) is 6.42 Å². The van der Waals surface area contributed by atoms with Gasteiger partial charge in [0.05, 0.1) is 31.0 Å². The van der Waals surface area contributed by atoms with Crippen LogP contribution in [0.15, 0.2) is 42.5 Å². The molecule has 1 aliphatic carbocycles. The van der Waals surface area contributed by atoms with Gasteiger partial charge in [-0.25, -0.2) is 4.98 Å². The van der Waals surface area contributed by atoms with Crippen molar-refractivity contribution in [1.29, 1.82) is 0 Å². The van der Waals surface area contributed by atoms with E-state index in [4.69, 9.17) is 14.5 Å². The number of nitrogens with zero attached hydrogens (tertiary/aromatic N) is 1. The van der Waals surface area contributed by atoms with Crippen LogP contribution in [0.4, 0.5) is 0 Å². The first-order valence-electron chi connectivity index (χ1n) is 9.23. The van der Waals surface area contributed by atoms with Crippen molar-refractivity contribution < 1.29 is 14.3 Å². The molecule has 0 saturated carbocycles. The zero-order valence-electron chi connectivity index (χ0n) is 16.2. The normalized spacial score (nSPS) is 14.2. The lowest BCUT2D eigenvalue weighted by atomic mass is 10.00. The van der Waals surface area contributed by atoms with Crippen LogP contribution in [0.25, 0.3) is 22.6 Å². The van der Waals surface area contributed by atoms with Gasteiger partial charge in [0.1, 0.15) is 0 Å². The van der Waals surface area contributed by atoms with E-state index in [1.54, 1.807) is 21.3 Å². The highest BCUT2D eigenvalue weighted by Crippen LogP contribution is 2.40. The molecule has 2 aromatic carbocycles. The van der Waals surface area contributed by atoms with E-state index in [0.717, 1.165) is 51.7 Å². The number of para-hydroxylation sites is 2. The van der Waals surface area contributed by atoms with Crippen molar-refractivity contribution in [2.75, 3.05) is 21.3 Å². The van der Waals surface area contributed by atoms with Crippen LogP contribution < -0.4 is 14.8 Å². The van der Waals surface area contributed by atoms with E-state index < -0.39 is 0 Å². The molecule has 0 unspecified atom stereocenters. The largest absolute Gasteiger partial charge is 0.493 e.